The Morgan fingerprint density at radius 3 is 2.88 bits per heavy atom. The standard InChI is InChI=1S/C16H17ClN6OS/c1-10-14(21-25-20-10)9-23-11(2)15(19-22-23)16(24)18-7-6-12-4-3-5-13(17)8-12/h3-5,8H,6-7,9H2,1-2H3,(H,18,24). The van der Waals surface area contributed by atoms with Crippen LogP contribution in [-0.4, -0.2) is 36.2 Å². The number of nitrogens with zero attached hydrogens (tertiary/aromatic N) is 5. The summed E-state index contributed by atoms with van der Waals surface area (Å²) in [7, 11) is 0. The maximum atomic E-state index is 12.3. The number of carbonyl (C=O) groups excluding carboxylic acids is 1. The molecule has 0 bridgehead atoms. The fraction of sp³-hybridized carbons (Fsp3) is 0.312. The summed E-state index contributed by atoms with van der Waals surface area (Å²) in [6.07, 6.45) is 0.698. The maximum Gasteiger partial charge on any atom is 0.273 e. The van der Waals surface area contributed by atoms with Crippen LogP contribution in [0.2, 0.25) is 5.02 Å². The van der Waals surface area contributed by atoms with Gasteiger partial charge in [-0.15, -0.1) is 5.10 Å². The molecule has 0 aliphatic rings. The van der Waals surface area contributed by atoms with Gasteiger partial charge in [0.05, 0.1) is 35.4 Å². The summed E-state index contributed by atoms with van der Waals surface area (Å²) >= 11 is 7.12. The molecule has 0 unspecified atom stereocenters. The van der Waals surface area contributed by atoms with E-state index >= 15 is 0 Å². The Morgan fingerprint density at radius 2 is 2.16 bits per heavy atom. The monoisotopic (exact) mass is 376 g/mol. The largest absolute Gasteiger partial charge is 0.350 e. The van der Waals surface area contributed by atoms with Crippen LogP contribution in [0.4, 0.5) is 0 Å². The lowest BCUT2D eigenvalue weighted by Gasteiger charge is -2.05. The average molecular weight is 377 g/mol. The zero-order valence-corrected chi connectivity index (χ0v) is 15.4. The fourth-order valence-electron chi connectivity index (χ4n) is 2.35. The number of nitrogens with one attached hydrogen (secondary N) is 1. The molecule has 0 saturated heterocycles. The Kier molecular flexibility index (Phi) is 5.40. The van der Waals surface area contributed by atoms with E-state index < -0.39 is 0 Å². The van der Waals surface area contributed by atoms with Crippen LogP contribution >= 0.6 is 23.3 Å². The van der Waals surface area contributed by atoms with Crippen molar-refractivity contribution in [3.63, 3.8) is 0 Å². The molecule has 2 aromatic heterocycles. The molecule has 0 radical (unpaired) electrons. The van der Waals surface area contributed by atoms with Gasteiger partial charge < -0.3 is 5.32 Å². The van der Waals surface area contributed by atoms with Crippen LogP contribution in [0.15, 0.2) is 24.3 Å². The number of hydrogen-bond acceptors (Lipinski definition) is 6. The highest BCUT2D eigenvalue weighted by Gasteiger charge is 2.17. The van der Waals surface area contributed by atoms with Crippen molar-refractivity contribution in [2.75, 3.05) is 6.54 Å². The SMILES string of the molecule is Cc1nsnc1Cn1nnc(C(=O)NCCc2cccc(Cl)c2)c1C. The number of rotatable bonds is 6. The van der Waals surface area contributed by atoms with Crippen LogP contribution in [0, 0.1) is 13.8 Å². The molecule has 7 nitrogen and oxygen atoms in total. The Bertz CT molecular complexity index is 890. The summed E-state index contributed by atoms with van der Waals surface area (Å²) < 4.78 is 10.0. The predicted molar refractivity (Wildman–Crippen MR) is 96.0 cm³/mol. The van der Waals surface area contributed by atoms with Crippen molar-refractivity contribution in [1.82, 2.24) is 29.1 Å². The second-order valence-electron chi connectivity index (χ2n) is 5.61. The number of carbonyl (C=O) groups is 1. The van der Waals surface area contributed by atoms with E-state index in [2.05, 4.69) is 24.4 Å². The minimum atomic E-state index is -0.237. The first kappa shape index (κ1) is 17.5. The van der Waals surface area contributed by atoms with Crippen molar-refractivity contribution in [2.24, 2.45) is 0 Å². The molecule has 130 valence electrons. The van der Waals surface area contributed by atoms with E-state index in [4.69, 9.17) is 11.6 Å². The average Bonchev–Trinajstić information content (AvgIpc) is 3.15. The van der Waals surface area contributed by atoms with Crippen molar-refractivity contribution in [3.05, 3.63) is 57.6 Å². The molecule has 0 fully saturated rings. The van der Waals surface area contributed by atoms with Gasteiger partial charge in [-0.2, -0.15) is 8.75 Å². The third-order valence-electron chi connectivity index (χ3n) is 3.83. The van der Waals surface area contributed by atoms with Crippen molar-refractivity contribution < 1.29 is 4.79 Å². The highest BCUT2D eigenvalue weighted by molar-refractivity contribution is 6.99. The lowest BCUT2D eigenvalue weighted by atomic mass is 10.1. The van der Waals surface area contributed by atoms with Gasteiger partial charge in [-0.3, -0.25) is 4.79 Å². The number of amides is 1. The third kappa shape index (κ3) is 4.21. The number of hydrogen-bond donors (Lipinski definition) is 1. The second-order valence-corrected chi connectivity index (χ2v) is 6.58. The van der Waals surface area contributed by atoms with Gasteiger partial charge >= 0.3 is 0 Å². The second kappa shape index (κ2) is 7.71. The Balaban J connectivity index is 1.60. The van der Waals surface area contributed by atoms with Crippen LogP contribution in [0.25, 0.3) is 0 Å². The summed E-state index contributed by atoms with van der Waals surface area (Å²) in [5.74, 6) is -0.237. The topological polar surface area (TPSA) is 85.6 Å². The third-order valence-corrected chi connectivity index (χ3v) is 4.72. The molecule has 0 spiro atoms. The molecular formula is C16H17ClN6OS. The molecule has 1 aromatic carbocycles. The highest BCUT2D eigenvalue weighted by atomic mass is 35.5. The molecule has 1 N–H and O–H groups in total. The molecule has 3 rings (SSSR count). The number of benzene rings is 1. The van der Waals surface area contributed by atoms with E-state index in [1.54, 1.807) is 4.68 Å². The van der Waals surface area contributed by atoms with Crippen LogP contribution in [0.3, 0.4) is 0 Å². The van der Waals surface area contributed by atoms with E-state index in [1.165, 1.54) is 0 Å². The molecule has 9 heteroatoms. The Morgan fingerprint density at radius 1 is 1.32 bits per heavy atom. The maximum absolute atomic E-state index is 12.3. The van der Waals surface area contributed by atoms with Gasteiger partial charge in [0.25, 0.3) is 5.91 Å². The van der Waals surface area contributed by atoms with Gasteiger partial charge in [0.2, 0.25) is 0 Å². The lowest BCUT2D eigenvalue weighted by Crippen LogP contribution is -2.26. The van der Waals surface area contributed by atoms with Gasteiger partial charge in [-0.25, -0.2) is 4.68 Å². The van der Waals surface area contributed by atoms with Gasteiger partial charge in [0.1, 0.15) is 0 Å². The van der Waals surface area contributed by atoms with Crippen molar-refractivity contribution in [1.29, 1.82) is 0 Å². The zero-order chi connectivity index (χ0) is 17.8. The Labute approximate surface area is 154 Å². The van der Waals surface area contributed by atoms with Crippen LogP contribution < -0.4 is 5.32 Å². The predicted octanol–water partition coefficient (Wildman–Crippen LogP) is 2.42. The highest BCUT2D eigenvalue weighted by Crippen LogP contribution is 2.12. The quantitative estimate of drug-likeness (QED) is 0.714. The van der Waals surface area contributed by atoms with Crippen LogP contribution in [0.1, 0.15) is 33.1 Å². The van der Waals surface area contributed by atoms with E-state index in [1.807, 2.05) is 38.1 Å². The number of aromatic nitrogens is 5. The van der Waals surface area contributed by atoms with E-state index in [9.17, 15) is 4.79 Å². The van der Waals surface area contributed by atoms with Gasteiger partial charge in [0.15, 0.2) is 5.69 Å². The smallest absolute Gasteiger partial charge is 0.273 e. The molecule has 0 saturated carbocycles. The molecule has 1 amide bonds. The molecule has 0 atom stereocenters. The van der Waals surface area contributed by atoms with E-state index in [-0.39, 0.29) is 5.91 Å². The first-order valence-electron chi connectivity index (χ1n) is 7.75. The molecule has 2 heterocycles. The number of halogens is 1. The Hall–Kier alpha value is -2.32. The molecular weight excluding hydrogens is 360 g/mol. The van der Waals surface area contributed by atoms with Gasteiger partial charge in [0, 0.05) is 11.6 Å². The van der Waals surface area contributed by atoms with Gasteiger partial charge in [-0.05, 0) is 38.0 Å². The fourth-order valence-corrected chi connectivity index (χ4v) is 3.12. The van der Waals surface area contributed by atoms with Gasteiger partial charge in [-0.1, -0.05) is 28.9 Å². The van der Waals surface area contributed by atoms with Crippen molar-refractivity contribution >= 4 is 29.2 Å². The lowest BCUT2D eigenvalue weighted by molar-refractivity contribution is 0.0948. The summed E-state index contributed by atoms with van der Waals surface area (Å²) in [6.45, 7) is 4.67. The molecule has 25 heavy (non-hydrogen) atoms. The minimum Gasteiger partial charge on any atom is -0.350 e. The van der Waals surface area contributed by atoms with Crippen LogP contribution in [0.5, 0.6) is 0 Å². The van der Waals surface area contributed by atoms with Crippen LogP contribution in [-0.2, 0) is 13.0 Å². The van der Waals surface area contributed by atoms with E-state index in [0.717, 1.165) is 28.7 Å². The molecule has 0 aliphatic heterocycles. The molecule has 0 aliphatic carbocycles. The number of aryl methyl sites for hydroxylation is 1. The summed E-state index contributed by atoms with van der Waals surface area (Å²) in [5.41, 5.74) is 3.80. The summed E-state index contributed by atoms with van der Waals surface area (Å²) in [6, 6.07) is 7.58. The minimum absolute atomic E-state index is 0.237. The summed E-state index contributed by atoms with van der Waals surface area (Å²) in [5, 5.41) is 11.6. The normalized spacial score (nSPS) is 10.8. The molecule has 3 aromatic rings. The summed E-state index contributed by atoms with van der Waals surface area (Å²) in [4.78, 5) is 12.3. The van der Waals surface area contributed by atoms with Crippen molar-refractivity contribution in [3.8, 4) is 0 Å². The zero-order valence-electron chi connectivity index (χ0n) is 13.9. The first-order chi connectivity index (χ1) is 12.0. The van der Waals surface area contributed by atoms with E-state index in [0.29, 0.717) is 35.9 Å². The van der Waals surface area contributed by atoms with Crippen molar-refractivity contribution in [2.45, 2.75) is 26.8 Å². The first-order valence-corrected chi connectivity index (χ1v) is 8.86.